The summed E-state index contributed by atoms with van der Waals surface area (Å²) >= 11 is 0. The molecule has 2 heterocycles. The van der Waals surface area contributed by atoms with Crippen molar-refractivity contribution in [3.63, 3.8) is 0 Å². The van der Waals surface area contributed by atoms with Crippen molar-refractivity contribution in [1.82, 2.24) is 14.7 Å². The fourth-order valence-corrected chi connectivity index (χ4v) is 5.73. The summed E-state index contributed by atoms with van der Waals surface area (Å²) in [6.07, 6.45) is 5.41. The van der Waals surface area contributed by atoms with Gasteiger partial charge in [-0.2, -0.15) is 0 Å². The molecule has 1 amide bonds. The van der Waals surface area contributed by atoms with Crippen molar-refractivity contribution in [2.24, 2.45) is 0 Å². The Hall–Kier alpha value is -3.26. The van der Waals surface area contributed by atoms with Crippen LogP contribution in [0, 0.1) is 13.8 Å². The number of sulfonamides is 1. The number of nitrogens with one attached hydrogen (secondary N) is 1. The topological polar surface area (TPSA) is 92.3 Å². The van der Waals surface area contributed by atoms with Gasteiger partial charge in [-0.15, -0.1) is 0 Å². The summed E-state index contributed by atoms with van der Waals surface area (Å²) in [5.74, 6) is -0.208. The molecule has 0 spiro atoms. The van der Waals surface area contributed by atoms with Crippen molar-refractivity contribution in [3.8, 4) is 22.5 Å². The molecule has 0 fully saturated rings. The molecule has 0 atom stereocenters. The number of unbranched alkanes of at least 4 members (excludes halogenated alkanes) is 3. The molecule has 196 valence electrons. The Morgan fingerprint density at radius 1 is 0.892 bits per heavy atom. The third kappa shape index (κ3) is 6.95. The number of amides is 1. The summed E-state index contributed by atoms with van der Waals surface area (Å²) in [5.41, 5.74) is 6.47. The molecule has 4 rings (SSSR count). The van der Waals surface area contributed by atoms with Gasteiger partial charge >= 0.3 is 0 Å². The number of hydrogen-bond acceptors (Lipinski definition) is 6. The van der Waals surface area contributed by atoms with Crippen molar-refractivity contribution in [2.45, 2.75) is 65.7 Å². The zero-order chi connectivity index (χ0) is 26.4. The molecule has 0 aliphatic carbocycles. The minimum Gasteiger partial charge on any atom is -0.339 e. The highest BCUT2D eigenvalue weighted by Crippen LogP contribution is 2.35. The van der Waals surface area contributed by atoms with Gasteiger partial charge in [0.2, 0.25) is 5.91 Å². The number of nitrogens with zero attached hydrogens (tertiary/aromatic N) is 3. The monoisotopic (exact) mass is 520 g/mol. The highest BCUT2D eigenvalue weighted by atomic mass is 32.2. The number of anilines is 1. The molecule has 1 N–H and O–H groups in total. The third-order valence-corrected chi connectivity index (χ3v) is 7.78. The summed E-state index contributed by atoms with van der Waals surface area (Å²) in [5, 5.41) is 0. The van der Waals surface area contributed by atoms with E-state index in [0.717, 1.165) is 65.7 Å². The zero-order valence-electron chi connectivity index (χ0n) is 22.0. The van der Waals surface area contributed by atoms with Gasteiger partial charge in [-0.3, -0.25) is 9.52 Å². The quantitative estimate of drug-likeness (QED) is 0.352. The average molecular weight is 521 g/mol. The van der Waals surface area contributed by atoms with Crippen LogP contribution >= 0.6 is 0 Å². The second-order valence-electron chi connectivity index (χ2n) is 9.87. The van der Waals surface area contributed by atoms with Gasteiger partial charge in [0.25, 0.3) is 10.0 Å². The second kappa shape index (κ2) is 11.9. The Balaban J connectivity index is 1.65. The van der Waals surface area contributed by atoms with E-state index in [0.29, 0.717) is 24.5 Å². The maximum atomic E-state index is 12.9. The van der Waals surface area contributed by atoms with Crippen molar-refractivity contribution < 1.29 is 13.2 Å². The summed E-state index contributed by atoms with van der Waals surface area (Å²) < 4.78 is 28.0. The number of benzene rings is 2. The first-order chi connectivity index (χ1) is 17.8. The number of rotatable bonds is 10. The van der Waals surface area contributed by atoms with Gasteiger partial charge < -0.3 is 4.90 Å². The summed E-state index contributed by atoms with van der Waals surface area (Å²) in [4.78, 5) is 24.0. The highest BCUT2D eigenvalue weighted by Gasteiger charge is 2.28. The molecule has 0 saturated carbocycles. The van der Waals surface area contributed by atoms with Crippen molar-refractivity contribution in [2.75, 3.05) is 17.3 Å². The van der Waals surface area contributed by atoms with E-state index in [-0.39, 0.29) is 12.3 Å². The fraction of sp³-hybridized carbons (Fsp3) is 0.414. The van der Waals surface area contributed by atoms with Gasteiger partial charge in [0, 0.05) is 24.1 Å². The van der Waals surface area contributed by atoms with Crippen molar-refractivity contribution in [3.05, 3.63) is 65.4 Å². The van der Waals surface area contributed by atoms with E-state index in [4.69, 9.17) is 9.97 Å². The zero-order valence-corrected chi connectivity index (χ0v) is 22.8. The second-order valence-corrected chi connectivity index (χ2v) is 11.6. The first-order valence-electron chi connectivity index (χ1n) is 13.1. The lowest BCUT2D eigenvalue weighted by Gasteiger charge is -2.30. The van der Waals surface area contributed by atoms with Crippen LogP contribution in [0.5, 0.6) is 0 Å². The van der Waals surface area contributed by atoms with Crippen LogP contribution < -0.4 is 9.62 Å². The first-order valence-corrected chi connectivity index (χ1v) is 14.7. The van der Waals surface area contributed by atoms with Crippen molar-refractivity contribution in [1.29, 1.82) is 0 Å². The standard InChI is InChI=1S/C29H36N4O3S/c1-4-5-6-7-10-26(34)32-37(35,36)20-33-19-8-9-25-29(33)31-28(24-17-13-22(3)14-18-24)27(30-25)23-15-11-21(2)12-16-23/h11-18H,4-10,19-20H2,1-3H3,(H,32,34). The van der Waals surface area contributed by atoms with E-state index in [2.05, 4.69) is 23.8 Å². The molecule has 0 radical (unpaired) electrons. The van der Waals surface area contributed by atoms with Crippen molar-refractivity contribution >= 4 is 21.7 Å². The predicted molar refractivity (Wildman–Crippen MR) is 149 cm³/mol. The van der Waals surface area contributed by atoms with Crippen LogP contribution in [0.2, 0.25) is 0 Å². The SMILES string of the molecule is CCCCCCC(=O)NS(=O)(=O)CN1CCCc2nc(-c3ccc(C)cc3)c(-c3ccc(C)cc3)nc21. The molecular formula is C29H36N4O3S. The normalized spacial score (nSPS) is 13.3. The smallest absolute Gasteiger partial charge is 0.253 e. The largest absolute Gasteiger partial charge is 0.339 e. The van der Waals surface area contributed by atoms with E-state index >= 15 is 0 Å². The van der Waals surface area contributed by atoms with Crippen LogP contribution in [0.1, 0.15) is 62.3 Å². The predicted octanol–water partition coefficient (Wildman–Crippen LogP) is 5.55. The Labute approximate surface area is 220 Å². The van der Waals surface area contributed by atoms with Gasteiger partial charge in [0.05, 0.1) is 17.1 Å². The molecule has 3 aromatic rings. The molecule has 0 saturated heterocycles. The molecule has 1 aliphatic rings. The maximum Gasteiger partial charge on any atom is 0.253 e. The van der Waals surface area contributed by atoms with Gasteiger partial charge in [-0.1, -0.05) is 85.8 Å². The Morgan fingerprint density at radius 2 is 1.49 bits per heavy atom. The number of carbonyl (C=O) groups is 1. The fourth-order valence-electron chi connectivity index (χ4n) is 4.55. The van der Waals surface area contributed by atoms with Crippen LogP contribution in [0.4, 0.5) is 5.82 Å². The number of aryl methyl sites for hydroxylation is 3. The molecular weight excluding hydrogens is 484 g/mol. The van der Waals surface area contributed by atoms with Gasteiger partial charge in [-0.05, 0) is 33.1 Å². The Bertz CT molecular complexity index is 1340. The third-order valence-electron chi connectivity index (χ3n) is 6.59. The van der Waals surface area contributed by atoms with Gasteiger partial charge in [0.1, 0.15) is 5.88 Å². The summed E-state index contributed by atoms with van der Waals surface area (Å²) in [6.45, 7) is 6.71. The Kier molecular flexibility index (Phi) is 8.59. The first kappa shape index (κ1) is 26.8. The van der Waals surface area contributed by atoms with Crippen LogP contribution in [0.15, 0.2) is 48.5 Å². The molecule has 1 aromatic heterocycles. The van der Waals surface area contributed by atoms with Gasteiger partial charge in [-0.25, -0.2) is 18.4 Å². The lowest BCUT2D eigenvalue weighted by atomic mass is 10.0. The van der Waals surface area contributed by atoms with E-state index in [1.165, 1.54) is 0 Å². The van der Waals surface area contributed by atoms with E-state index < -0.39 is 15.9 Å². The molecule has 1 aliphatic heterocycles. The van der Waals surface area contributed by atoms with Gasteiger partial charge in [0.15, 0.2) is 5.82 Å². The summed E-state index contributed by atoms with van der Waals surface area (Å²) in [7, 11) is -3.86. The molecule has 7 nitrogen and oxygen atoms in total. The minimum absolute atomic E-state index is 0.215. The minimum atomic E-state index is -3.86. The summed E-state index contributed by atoms with van der Waals surface area (Å²) in [6, 6.07) is 16.3. The molecule has 2 aromatic carbocycles. The Morgan fingerprint density at radius 3 is 2.08 bits per heavy atom. The van der Waals surface area contributed by atoms with E-state index in [1.807, 2.05) is 50.2 Å². The van der Waals surface area contributed by atoms with Crippen LogP contribution in [-0.2, 0) is 21.2 Å². The molecule has 37 heavy (non-hydrogen) atoms. The molecule has 0 unspecified atom stereocenters. The maximum absolute atomic E-state index is 12.9. The highest BCUT2D eigenvalue weighted by molar-refractivity contribution is 7.90. The van der Waals surface area contributed by atoms with E-state index in [1.54, 1.807) is 4.90 Å². The number of hydrogen-bond donors (Lipinski definition) is 1. The van der Waals surface area contributed by atoms with Crippen LogP contribution in [-0.4, -0.2) is 36.7 Å². The molecule has 8 heteroatoms. The van der Waals surface area contributed by atoms with E-state index in [9.17, 15) is 13.2 Å². The lowest BCUT2D eigenvalue weighted by Crippen LogP contribution is -2.42. The number of aromatic nitrogens is 2. The average Bonchev–Trinajstić information content (AvgIpc) is 2.87. The van der Waals surface area contributed by atoms with Crippen LogP contribution in [0.25, 0.3) is 22.5 Å². The number of carbonyl (C=O) groups excluding carboxylic acids is 1. The molecule has 0 bridgehead atoms. The van der Waals surface area contributed by atoms with Crippen LogP contribution in [0.3, 0.4) is 0 Å². The lowest BCUT2D eigenvalue weighted by molar-refractivity contribution is -0.119. The number of fused-ring (bicyclic) bond motifs is 1.